The van der Waals surface area contributed by atoms with E-state index in [2.05, 4.69) is 15.9 Å². The van der Waals surface area contributed by atoms with Crippen molar-refractivity contribution < 1.29 is 10.2 Å². The van der Waals surface area contributed by atoms with Crippen molar-refractivity contribution in [2.45, 2.75) is 19.8 Å². The first-order chi connectivity index (χ1) is 6.06. The molecule has 0 saturated carbocycles. The summed E-state index contributed by atoms with van der Waals surface area (Å²) >= 11 is 3.35. The summed E-state index contributed by atoms with van der Waals surface area (Å²) in [6, 6.07) is 3.62. The van der Waals surface area contributed by atoms with Crippen LogP contribution < -0.4 is 0 Å². The third kappa shape index (κ3) is 2.23. The van der Waals surface area contributed by atoms with Crippen LogP contribution in [0.5, 0.6) is 5.75 Å². The van der Waals surface area contributed by atoms with E-state index < -0.39 is 0 Å². The molecule has 1 aromatic rings. The number of rotatable bonds is 2. The third-order valence-electron chi connectivity index (χ3n) is 2.18. The fourth-order valence-corrected chi connectivity index (χ4v) is 1.54. The maximum absolute atomic E-state index is 9.51. The van der Waals surface area contributed by atoms with Crippen molar-refractivity contribution in [3.05, 3.63) is 27.7 Å². The van der Waals surface area contributed by atoms with Crippen molar-refractivity contribution >= 4 is 15.9 Å². The van der Waals surface area contributed by atoms with Crippen LogP contribution in [-0.2, 0) is 0 Å². The summed E-state index contributed by atoms with van der Waals surface area (Å²) in [6.45, 7) is 3.85. The number of benzene rings is 1. The molecule has 2 N–H and O–H groups in total. The molecular formula is C10H13BrO2. The van der Waals surface area contributed by atoms with Gasteiger partial charge in [-0.15, -0.1) is 0 Å². The molecule has 0 bridgehead atoms. The fourth-order valence-electron chi connectivity index (χ4n) is 1.07. The number of phenols is 1. The molecule has 0 aliphatic rings. The van der Waals surface area contributed by atoms with Gasteiger partial charge >= 0.3 is 0 Å². The predicted molar refractivity (Wildman–Crippen MR) is 56.0 cm³/mol. The average Bonchev–Trinajstić information content (AvgIpc) is 2.12. The van der Waals surface area contributed by atoms with Gasteiger partial charge in [0, 0.05) is 22.6 Å². The fraction of sp³-hybridized carbons (Fsp3) is 0.400. The Kier molecular flexibility index (Phi) is 3.33. The summed E-state index contributed by atoms with van der Waals surface area (Å²) in [5, 5.41) is 18.5. The number of aliphatic hydroxyl groups excluding tert-OH is 1. The molecule has 72 valence electrons. The van der Waals surface area contributed by atoms with Crippen LogP contribution >= 0.6 is 15.9 Å². The number of aromatic hydroxyl groups is 1. The summed E-state index contributed by atoms with van der Waals surface area (Å²) in [5.74, 6) is 0.326. The molecule has 0 aromatic heterocycles. The molecule has 0 heterocycles. The molecule has 0 spiro atoms. The van der Waals surface area contributed by atoms with Crippen molar-refractivity contribution in [3.63, 3.8) is 0 Å². The molecule has 13 heavy (non-hydrogen) atoms. The van der Waals surface area contributed by atoms with Crippen LogP contribution in [0.4, 0.5) is 0 Å². The third-order valence-corrected chi connectivity index (χ3v) is 3.01. The smallest absolute Gasteiger partial charge is 0.119 e. The van der Waals surface area contributed by atoms with E-state index in [0.29, 0.717) is 0 Å². The molecule has 0 aliphatic heterocycles. The Labute approximate surface area is 86.3 Å². The van der Waals surface area contributed by atoms with Crippen LogP contribution in [0, 0.1) is 6.92 Å². The normalized spacial score (nSPS) is 12.9. The molecule has 0 fully saturated rings. The van der Waals surface area contributed by atoms with E-state index in [9.17, 15) is 5.11 Å². The highest BCUT2D eigenvalue weighted by Crippen LogP contribution is 2.29. The molecule has 1 rings (SSSR count). The van der Waals surface area contributed by atoms with Gasteiger partial charge in [0.05, 0.1) is 0 Å². The Morgan fingerprint density at radius 2 is 2.08 bits per heavy atom. The lowest BCUT2D eigenvalue weighted by molar-refractivity contribution is 0.273. The molecule has 1 aromatic carbocycles. The minimum atomic E-state index is 0.0581. The van der Waals surface area contributed by atoms with Crippen LogP contribution in [0.3, 0.4) is 0 Å². The minimum Gasteiger partial charge on any atom is -0.508 e. The molecule has 0 amide bonds. The number of phenolic OH excluding ortho intramolecular Hbond substituents is 1. The van der Waals surface area contributed by atoms with E-state index in [1.54, 1.807) is 6.07 Å². The van der Waals surface area contributed by atoms with Gasteiger partial charge in [-0.3, -0.25) is 0 Å². The van der Waals surface area contributed by atoms with Crippen molar-refractivity contribution in [2.75, 3.05) is 6.61 Å². The molecule has 0 saturated heterocycles. The van der Waals surface area contributed by atoms with Crippen molar-refractivity contribution in [3.8, 4) is 5.75 Å². The highest BCUT2D eigenvalue weighted by Gasteiger charge is 2.08. The van der Waals surface area contributed by atoms with E-state index in [1.807, 2.05) is 19.9 Å². The average molecular weight is 245 g/mol. The largest absolute Gasteiger partial charge is 0.508 e. The number of hydrogen-bond acceptors (Lipinski definition) is 2. The van der Waals surface area contributed by atoms with Crippen LogP contribution in [0.2, 0.25) is 0 Å². The van der Waals surface area contributed by atoms with Gasteiger partial charge in [0.2, 0.25) is 0 Å². The lowest BCUT2D eigenvalue weighted by Crippen LogP contribution is -1.99. The first kappa shape index (κ1) is 10.5. The predicted octanol–water partition coefficient (Wildman–Crippen LogP) is 2.56. The van der Waals surface area contributed by atoms with Gasteiger partial charge in [0.25, 0.3) is 0 Å². The first-order valence-electron chi connectivity index (χ1n) is 4.16. The zero-order chi connectivity index (χ0) is 10.0. The van der Waals surface area contributed by atoms with Gasteiger partial charge in [-0.2, -0.15) is 0 Å². The zero-order valence-electron chi connectivity index (χ0n) is 7.71. The lowest BCUT2D eigenvalue weighted by atomic mass is 10.0. The van der Waals surface area contributed by atoms with Gasteiger partial charge < -0.3 is 10.2 Å². The first-order valence-corrected chi connectivity index (χ1v) is 4.95. The Morgan fingerprint density at radius 1 is 1.46 bits per heavy atom. The number of aliphatic hydroxyl groups is 1. The quantitative estimate of drug-likeness (QED) is 0.840. The van der Waals surface area contributed by atoms with E-state index in [-0.39, 0.29) is 18.3 Å². The molecule has 3 heteroatoms. The maximum atomic E-state index is 9.51. The molecule has 0 radical (unpaired) electrons. The van der Waals surface area contributed by atoms with E-state index in [0.717, 1.165) is 15.6 Å². The zero-order valence-corrected chi connectivity index (χ0v) is 9.30. The van der Waals surface area contributed by atoms with Crippen LogP contribution in [0.25, 0.3) is 0 Å². The minimum absolute atomic E-state index is 0.0581. The van der Waals surface area contributed by atoms with Crippen molar-refractivity contribution in [2.24, 2.45) is 0 Å². The van der Waals surface area contributed by atoms with Gasteiger partial charge in [-0.1, -0.05) is 22.9 Å². The molecule has 0 aliphatic carbocycles. The summed E-state index contributed by atoms with van der Waals surface area (Å²) in [7, 11) is 0. The summed E-state index contributed by atoms with van der Waals surface area (Å²) < 4.78 is 0.878. The lowest BCUT2D eigenvalue weighted by Gasteiger charge is -2.11. The van der Waals surface area contributed by atoms with E-state index in [1.165, 1.54) is 0 Å². The summed E-state index contributed by atoms with van der Waals surface area (Å²) in [4.78, 5) is 0. The molecular weight excluding hydrogens is 232 g/mol. The topological polar surface area (TPSA) is 40.5 Å². The van der Waals surface area contributed by atoms with Gasteiger partial charge in [-0.05, 0) is 24.6 Å². The van der Waals surface area contributed by atoms with Crippen LogP contribution in [0.1, 0.15) is 24.0 Å². The molecule has 1 atom stereocenters. The number of halogens is 1. The Hall–Kier alpha value is -0.540. The second-order valence-electron chi connectivity index (χ2n) is 3.23. The Balaban J connectivity index is 3.13. The summed E-state index contributed by atoms with van der Waals surface area (Å²) in [6.07, 6.45) is 0. The van der Waals surface area contributed by atoms with Crippen molar-refractivity contribution in [1.29, 1.82) is 0 Å². The van der Waals surface area contributed by atoms with Gasteiger partial charge in [0.15, 0.2) is 0 Å². The monoisotopic (exact) mass is 244 g/mol. The van der Waals surface area contributed by atoms with E-state index >= 15 is 0 Å². The standard InChI is InChI=1S/C10H13BrO2/c1-6(5-12)8-3-9(11)7(2)10(13)4-8/h3-4,6,12-13H,5H2,1-2H3. The highest BCUT2D eigenvalue weighted by molar-refractivity contribution is 9.10. The van der Waals surface area contributed by atoms with E-state index in [4.69, 9.17) is 5.11 Å². The molecule has 2 nitrogen and oxygen atoms in total. The van der Waals surface area contributed by atoms with Gasteiger partial charge in [-0.25, -0.2) is 0 Å². The van der Waals surface area contributed by atoms with Crippen LogP contribution in [0.15, 0.2) is 16.6 Å². The second-order valence-corrected chi connectivity index (χ2v) is 4.08. The van der Waals surface area contributed by atoms with Crippen LogP contribution in [-0.4, -0.2) is 16.8 Å². The molecule has 1 unspecified atom stereocenters. The van der Waals surface area contributed by atoms with Crippen molar-refractivity contribution in [1.82, 2.24) is 0 Å². The Bertz CT molecular complexity index is 287. The van der Waals surface area contributed by atoms with Gasteiger partial charge in [0.1, 0.15) is 5.75 Å². The SMILES string of the molecule is Cc1c(O)cc(C(C)CO)cc1Br. The summed E-state index contributed by atoms with van der Waals surface area (Å²) in [5.41, 5.74) is 1.77. The highest BCUT2D eigenvalue weighted by atomic mass is 79.9. The maximum Gasteiger partial charge on any atom is 0.119 e. The Morgan fingerprint density at radius 3 is 2.54 bits per heavy atom. The number of hydrogen-bond donors (Lipinski definition) is 2. The second kappa shape index (κ2) is 4.11.